The minimum atomic E-state index is -0.986. The molecule has 0 heterocycles. The first kappa shape index (κ1) is 16.8. The molecule has 0 aliphatic rings. The lowest BCUT2D eigenvalue weighted by molar-refractivity contribution is 0.0697. The summed E-state index contributed by atoms with van der Waals surface area (Å²) in [7, 11) is 1.91. The molecule has 0 fully saturated rings. The van der Waals surface area contributed by atoms with E-state index in [1.165, 1.54) is 23.9 Å². The number of allylic oxidation sites excluding steroid dienone is 2. The van der Waals surface area contributed by atoms with E-state index in [1.807, 2.05) is 31.1 Å². The van der Waals surface area contributed by atoms with E-state index in [9.17, 15) is 4.79 Å². The Hall–Kier alpha value is -2.21. The van der Waals surface area contributed by atoms with Crippen LogP contribution >= 0.6 is 11.8 Å². The molecule has 1 atom stereocenters. The number of carboxylic acids is 1. The largest absolute Gasteiger partial charge is 0.478 e. The maximum absolute atomic E-state index is 10.9. The Labute approximate surface area is 128 Å². The van der Waals surface area contributed by atoms with Gasteiger partial charge in [0.2, 0.25) is 0 Å². The number of anilines is 1. The zero-order valence-electron chi connectivity index (χ0n) is 12.0. The van der Waals surface area contributed by atoms with Crippen LogP contribution in [0.25, 0.3) is 0 Å². The van der Waals surface area contributed by atoms with E-state index in [-0.39, 0.29) is 16.1 Å². The highest BCUT2D eigenvalue weighted by atomic mass is 32.2. The summed E-state index contributed by atoms with van der Waals surface area (Å²) >= 11 is 1.33. The number of carboxylic acid groups (broad SMARTS) is 1. The molecule has 0 bridgehead atoms. The number of hydrogen-bond donors (Lipinski definition) is 3. The van der Waals surface area contributed by atoms with Crippen LogP contribution in [0.3, 0.4) is 0 Å². The van der Waals surface area contributed by atoms with Gasteiger partial charge < -0.3 is 15.3 Å². The smallest absolute Gasteiger partial charge is 0.335 e. The molecule has 0 amide bonds. The third-order valence-corrected chi connectivity index (χ3v) is 3.70. The fourth-order valence-electron chi connectivity index (χ4n) is 1.46. The molecule has 1 aromatic rings. The van der Waals surface area contributed by atoms with Crippen molar-refractivity contribution in [3.8, 4) is 0 Å². The van der Waals surface area contributed by atoms with Crippen molar-refractivity contribution in [2.45, 2.75) is 12.3 Å². The molecule has 6 heteroatoms. The van der Waals surface area contributed by atoms with Crippen molar-refractivity contribution in [3.05, 3.63) is 54.8 Å². The van der Waals surface area contributed by atoms with Gasteiger partial charge in [-0.15, -0.1) is 0 Å². The van der Waals surface area contributed by atoms with Gasteiger partial charge in [-0.2, -0.15) is 0 Å². The molecule has 21 heavy (non-hydrogen) atoms. The van der Waals surface area contributed by atoms with Crippen LogP contribution in [0.4, 0.5) is 5.69 Å². The molecule has 1 aromatic carbocycles. The lowest BCUT2D eigenvalue weighted by atomic mass is 10.2. The molecule has 0 saturated heterocycles. The Kier molecular flexibility index (Phi) is 6.55. The second kappa shape index (κ2) is 8.16. The van der Waals surface area contributed by atoms with Crippen molar-refractivity contribution in [1.82, 2.24) is 4.90 Å². The van der Waals surface area contributed by atoms with Gasteiger partial charge in [-0.05, 0) is 37.4 Å². The SMILES string of the molecule is C=C/C=C\N(C)C(C)SC(=N)Nc1cccc(C(=O)O)c1. The number of nitrogens with zero attached hydrogens (tertiary/aromatic N) is 1. The first-order valence-corrected chi connectivity index (χ1v) is 7.18. The molecular weight excluding hydrogens is 286 g/mol. The van der Waals surface area contributed by atoms with Crippen LogP contribution < -0.4 is 5.32 Å². The zero-order valence-corrected chi connectivity index (χ0v) is 12.9. The lowest BCUT2D eigenvalue weighted by Crippen LogP contribution is -2.23. The third-order valence-electron chi connectivity index (χ3n) is 2.69. The summed E-state index contributed by atoms with van der Waals surface area (Å²) in [5, 5.41) is 20.1. The monoisotopic (exact) mass is 305 g/mol. The first-order chi connectivity index (χ1) is 9.93. The van der Waals surface area contributed by atoms with Gasteiger partial charge in [0.1, 0.15) is 0 Å². The number of hydrogen-bond acceptors (Lipinski definition) is 4. The molecular formula is C15H19N3O2S. The molecule has 0 radical (unpaired) electrons. The Morgan fingerprint density at radius 3 is 2.90 bits per heavy atom. The van der Waals surface area contributed by atoms with Crippen molar-refractivity contribution >= 4 is 28.6 Å². The quantitative estimate of drug-likeness (QED) is 0.325. The van der Waals surface area contributed by atoms with Gasteiger partial charge in [0, 0.05) is 12.7 Å². The fraction of sp³-hybridized carbons (Fsp3) is 0.200. The molecule has 112 valence electrons. The Morgan fingerprint density at radius 1 is 1.57 bits per heavy atom. The van der Waals surface area contributed by atoms with Gasteiger partial charge in [-0.3, -0.25) is 5.41 Å². The number of thioether (sulfide) groups is 1. The van der Waals surface area contributed by atoms with Gasteiger partial charge in [-0.25, -0.2) is 4.79 Å². The van der Waals surface area contributed by atoms with Crippen LogP contribution in [-0.2, 0) is 0 Å². The summed E-state index contributed by atoms with van der Waals surface area (Å²) < 4.78 is 0. The van der Waals surface area contributed by atoms with Crippen LogP contribution in [0.15, 0.2) is 49.2 Å². The van der Waals surface area contributed by atoms with Crippen LogP contribution in [-0.4, -0.2) is 33.6 Å². The van der Waals surface area contributed by atoms with E-state index in [0.29, 0.717) is 5.69 Å². The predicted molar refractivity (Wildman–Crippen MR) is 88.9 cm³/mol. The summed E-state index contributed by atoms with van der Waals surface area (Å²) in [4.78, 5) is 12.9. The van der Waals surface area contributed by atoms with Crippen molar-refractivity contribution in [3.63, 3.8) is 0 Å². The Bertz CT molecular complexity index is 558. The maximum Gasteiger partial charge on any atom is 0.335 e. The molecule has 5 nitrogen and oxygen atoms in total. The van der Waals surface area contributed by atoms with Crippen molar-refractivity contribution in [2.75, 3.05) is 12.4 Å². The fourth-order valence-corrected chi connectivity index (χ4v) is 2.22. The molecule has 1 rings (SSSR count). The highest BCUT2D eigenvalue weighted by Crippen LogP contribution is 2.18. The summed E-state index contributed by atoms with van der Waals surface area (Å²) in [5.74, 6) is -0.986. The average molecular weight is 305 g/mol. The first-order valence-electron chi connectivity index (χ1n) is 6.30. The number of rotatable bonds is 6. The normalized spacial score (nSPS) is 11.9. The van der Waals surface area contributed by atoms with Crippen molar-refractivity contribution in [2.24, 2.45) is 0 Å². The summed E-state index contributed by atoms with van der Waals surface area (Å²) in [6.45, 7) is 5.58. The van der Waals surface area contributed by atoms with Crippen molar-refractivity contribution in [1.29, 1.82) is 5.41 Å². The van der Waals surface area contributed by atoms with Gasteiger partial charge in [0.05, 0.1) is 10.9 Å². The molecule has 3 N–H and O–H groups in total. The highest BCUT2D eigenvalue weighted by Gasteiger charge is 2.10. The Balaban J connectivity index is 2.61. The van der Waals surface area contributed by atoms with Crippen molar-refractivity contribution < 1.29 is 9.90 Å². The van der Waals surface area contributed by atoms with Gasteiger partial charge in [-0.1, -0.05) is 30.5 Å². The van der Waals surface area contributed by atoms with Crippen LogP contribution in [0, 0.1) is 5.41 Å². The maximum atomic E-state index is 10.9. The minimum absolute atomic E-state index is 0.0591. The topological polar surface area (TPSA) is 76.4 Å². The van der Waals surface area contributed by atoms with Crippen LogP contribution in [0.1, 0.15) is 17.3 Å². The zero-order chi connectivity index (χ0) is 15.8. The molecule has 0 aliphatic heterocycles. The van der Waals surface area contributed by atoms with Crippen LogP contribution in [0.5, 0.6) is 0 Å². The summed E-state index contributed by atoms with van der Waals surface area (Å²) in [6.07, 6.45) is 5.39. The Morgan fingerprint density at radius 2 is 2.29 bits per heavy atom. The predicted octanol–water partition coefficient (Wildman–Crippen LogP) is 3.44. The molecule has 0 spiro atoms. The van der Waals surface area contributed by atoms with E-state index >= 15 is 0 Å². The van der Waals surface area contributed by atoms with Gasteiger partial charge in [0.25, 0.3) is 0 Å². The minimum Gasteiger partial charge on any atom is -0.478 e. The summed E-state index contributed by atoms with van der Waals surface area (Å²) in [5.41, 5.74) is 0.778. The molecule has 0 saturated carbocycles. The second-order valence-corrected chi connectivity index (χ2v) is 5.63. The van der Waals surface area contributed by atoms with Crippen LogP contribution in [0.2, 0.25) is 0 Å². The average Bonchev–Trinajstić information content (AvgIpc) is 2.44. The number of carbonyl (C=O) groups is 1. The highest BCUT2D eigenvalue weighted by molar-refractivity contribution is 8.14. The lowest BCUT2D eigenvalue weighted by Gasteiger charge is -2.22. The second-order valence-electron chi connectivity index (χ2n) is 4.30. The summed E-state index contributed by atoms with van der Waals surface area (Å²) in [6, 6.07) is 6.39. The number of aromatic carboxylic acids is 1. The van der Waals surface area contributed by atoms with Gasteiger partial charge in [0.15, 0.2) is 5.17 Å². The number of amidine groups is 1. The van der Waals surface area contributed by atoms with E-state index < -0.39 is 5.97 Å². The van der Waals surface area contributed by atoms with E-state index in [0.717, 1.165) is 0 Å². The van der Waals surface area contributed by atoms with E-state index in [2.05, 4.69) is 11.9 Å². The van der Waals surface area contributed by atoms with E-state index in [4.69, 9.17) is 10.5 Å². The number of nitrogens with one attached hydrogen (secondary N) is 2. The number of benzene rings is 1. The standard InChI is InChI=1S/C15H19N3O2S/c1-4-5-9-18(3)11(2)21-15(16)17-13-8-6-7-12(10-13)14(19)20/h4-11H,1H2,2-3H3,(H2,16,17)(H,19,20)/b9-5-. The molecule has 0 aromatic heterocycles. The van der Waals surface area contributed by atoms with Gasteiger partial charge >= 0.3 is 5.97 Å². The molecule has 1 unspecified atom stereocenters. The third kappa shape index (κ3) is 5.74. The molecule has 0 aliphatic carbocycles. The van der Waals surface area contributed by atoms with E-state index in [1.54, 1.807) is 18.2 Å².